The van der Waals surface area contributed by atoms with E-state index in [1.807, 2.05) is 0 Å². The number of aromatic nitrogens is 3. The van der Waals surface area contributed by atoms with Gasteiger partial charge in [-0.25, -0.2) is 0 Å². The van der Waals surface area contributed by atoms with Crippen molar-refractivity contribution in [3.8, 4) is 0 Å². The van der Waals surface area contributed by atoms with Crippen LogP contribution in [0.5, 0.6) is 0 Å². The number of thioether (sulfide) groups is 1. The fourth-order valence-electron chi connectivity index (χ4n) is 1.95. The normalized spacial score (nSPS) is 12.9. The molecule has 0 aliphatic carbocycles. The van der Waals surface area contributed by atoms with E-state index in [4.69, 9.17) is 5.11 Å². The Labute approximate surface area is 118 Å². The lowest BCUT2D eigenvalue weighted by atomic mass is 10.1. The van der Waals surface area contributed by atoms with E-state index in [0.717, 1.165) is 30.2 Å². The highest BCUT2D eigenvalue weighted by Crippen LogP contribution is 2.27. The molecule has 1 heterocycles. The lowest BCUT2D eigenvalue weighted by molar-refractivity contribution is -0.133. The van der Waals surface area contributed by atoms with Gasteiger partial charge < -0.3 is 9.67 Å². The van der Waals surface area contributed by atoms with Gasteiger partial charge in [-0.2, -0.15) is 0 Å². The molecule has 5 nitrogen and oxygen atoms in total. The Balaban J connectivity index is 2.93. The van der Waals surface area contributed by atoms with Crippen LogP contribution in [0.2, 0.25) is 0 Å². The van der Waals surface area contributed by atoms with Crippen molar-refractivity contribution in [3.63, 3.8) is 0 Å². The van der Waals surface area contributed by atoms with Crippen LogP contribution in [0, 0.1) is 0 Å². The topological polar surface area (TPSA) is 68.0 Å². The van der Waals surface area contributed by atoms with Gasteiger partial charge in [0.25, 0.3) is 0 Å². The number of carboxylic acids is 1. The molecule has 0 bridgehead atoms. The summed E-state index contributed by atoms with van der Waals surface area (Å²) in [6.45, 7) is 8.48. The molecule has 108 valence electrons. The van der Waals surface area contributed by atoms with Crippen LogP contribution < -0.4 is 0 Å². The van der Waals surface area contributed by atoms with E-state index in [9.17, 15) is 4.79 Å². The Hall–Kier alpha value is -1.04. The zero-order chi connectivity index (χ0) is 14.4. The molecule has 1 N–H and O–H groups in total. The highest BCUT2D eigenvalue weighted by molar-refractivity contribution is 7.99. The van der Waals surface area contributed by atoms with Crippen molar-refractivity contribution in [1.82, 2.24) is 14.8 Å². The Kier molecular flexibility index (Phi) is 6.34. The molecular formula is C13H23N3O2S. The third-order valence-corrected chi connectivity index (χ3v) is 3.88. The second kappa shape index (κ2) is 7.53. The molecule has 0 saturated carbocycles. The zero-order valence-corrected chi connectivity index (χ0v) is 12.9. The van der Waals surface area contributed by atoms with Gasteiger partial charge >= 0.3 is 5.97 Å². The quantitative estimate of drug-likeness (QED) is 0.742. The van der Waals surface area contributed by atoms with Gasteiger partial charge in [-0.3, -0.25) is 4.79 Å². The van der Waals surface area contributed by atoms with Gasteiger partial charge in [0, 0.05) is 12.0 Å². The smallest absolute Gasteiger partial charge is 0.313 e. The lowest BCUT2D eigenvalue weighted by Gasteiger charge is -2.18. The molecule has 0 saturated heterocycles. The van der Waals surface area contributed by atoms with Crippen LogP contribution in [0.25, 0.3) is 0 Å². The molecule has 1 aromatic heterocycles. The van der Waals surface area contributed by atoms with Crippen LogP contribution in [0.4, 0.5) is 0 Å². The summed E-state index contributed by atoms with van der Waals surface area (Å²) in [4.78, 5) is 10.7. The monoisotopic (exact) mass is 285 g/mol. The first-order valence-corrected chi connectivity index (χ1v) is 7.75. The summed E-state index contributed by atoms with van der Waals surface area (Å²) in [7, 11) is 0. The van der Waals surface area contributed by atoms with Crippen molar-refractivity contribution in [2.24, 2.45) is 0 Å². The van der Waals surface area contributed by atoms with E-state index >= 15 is 0 Å². The average Bonchev–Trinajstić information content (AvgIpc) is 2.77. The molecule has 0 aliphatic heterocycles. The summed E-state index contributed by atoms with van der Waals surface area (Å²) in [5, 5.41) is 17.9. The minimum Gasteiger partial charge on any atom is -0.481 e. The highest BCUT2D eigenvalue weighted by atomic mass is 32.2. The van der Waals surface area contributed by atoms with Crippen molar-refractivity contribution < 1.29 is 9.90 Å². The molecular weight excluding hydrogens is 262 g/mol. The highest BCUT2D eigenvalue weighted by Gasteiger charge is 2.20. The summed E-state index contributed by atoms with van der Waals surface area (Å²) in [5.74, 6) is 0.426. The summed E-state index contributed by atoms with van der Waals surface area (Å²) in [5.41, 5.74) is 0. The third-order valence-electron chi connectivity index (χ3n) is 2.95. The predicted molar refractivity (Wildman–Crippen MR) is 76.7 cm³/mol. The van der Waals surface area contributed by atoms with Crippen LogP contribution in [-0.4, -0.2) is 31.6 Å². The standard InChI is InChI=1S/C13H23N3O2S/c1-5-6-7-10(4)16-12(9(2)3)14-15-13(16)19-8-11(17)18/h9-10H,5-8H2,1-4H3,(H,17,18). The number of carbonyl (C=O) groups is 1. The summed E-state index contributed by atoms with van der Waals surface area (Å²) < 4.78 is 2.11. The molecule has 0 aromatic carbocycles. The van der Waals surface area contributed by atoms with Crippen molar-refractivity contribution >= 4 is 17.7 Å². The van der Waals surface area contributed by atoms with Crippen LogP contribution >= 0.6 is 11.8 Å². The number of carboxylic acid groups (broad SMARTS) is 1. The Morgan fingerprint density at radius 2 is 2.05 bits per heavy atom. The molecule has 1 atom stereocenters. The van der Waals surface area contributed by atoms with Crippen molar-refractivity contribution in [1.29, 1.82) is 0 Å². The molecule has 0 radical (unpaired) electrons. The minimum atomic E-state index is -0.827. The minimum absolute atomic E-state index is 0.0245. The van der Waals surface area contributed by atoms with Crippen LogP contribution in [-0.2, 0) is 4.79 Å². The van der Waals surface area contributed by atoms with Crippen LogP contribution in [0.3, 0.4) is 0 Å². The predicted octanol–water partition coefficient (Wildman–Crippen LogP) is 3.33. The lowest BCUT2D eigenvalue weighted by Crippen LogP contribution is -2.12. The molecule has 0 spiro atoms. The van der Waals surface area contributed by atoms with Gasteiger partial charge in [-0.15, -0.1) is 10.2 Å². The summed E-state index contributed by atoms with van der Waals surface area (Å²) >= 11 is 1.24. The van der Waals surface area contributed by atoms with E-state index in [1.165, 1.54) is 11.8 Å². The Bertz CT molecular complexity index is 418. The Morgan fingerprint density at radius 1 is 1.37 bits per heavy atom. The van der Waals surface area contributed by atoms with Gasteiger partial charge in [0.15, 0.2) is 5.16 Å². The summed E-state index contributed by atoms with van der Waals surface area (Å²) in [6, 6.07) is 0.309. The first kappa shape index (κ1) is 16.0. The molecule has 0 fully saturated rings. The fraction of sp³-hybridized carbons (Fsp3) is 0.769. The number of unbranched alkanes of at least 4 members (excludes halogenated alkanes) is 1. The van der Waals surface area contributed by atoms with Gasteiger partial charge in [0.1, 0.15) is 5.82 Å². The van der Waals surface area contributed by atoms with E-state index in [0.29, 0.717) is 6.04 Å². The maximum Gasteiger partial charge on any atom is 0.313 e. The molecule has 1 unspecified atom stereocenters. The molecule has 19 heavy (non-hydrogen) atoms. The maximum absolute atomic E-state index is 10.7. The molecule has 6 heteroatoms. The van der Waals surface area contributed by atoms with Crippen LogP contribution in [0.15, 0.2) is 5.16 Å². The number of nitrogens with zero attached hydrogens (tertiary/aromatic N) is 3. The Morgan fingerprint density at radius 3 is 2.58 bits per heavy atom. The van der Waals surface area contributed by atoms with Gasteiger partial charge in [0.05, 0.1) is 5.75 Å². The van der Waals surface area contributed by atoms with Crippen molar-refractivity contribution in [2.45, 2.75) is 64.1 Å². The van der Waals surface area contributed by atoms with E-state index in [-0.39, 0.29) is 11.7 Å². The van der Waals surface area contributed by atoms with E-state index < -0.39 is 5.97 Å². The molecule has 0 amide bonds. The second-order valence-corrected chi connectivity index (χ2v) is 5.98. The first-order valence-electron chi connectivity index (χ1n) is 6.76. The average molecular weight is 285 g/mol. The first-order chi connectivity index (χ1) is 8.97. The number of aliphatic carboxylic acids is 1. The third kappa shape index (κ3) is 4.53. The van der Waals surface area contributed by atoms with Gasteiger partial charge in [-0.1, -0.05) is 45.4 Å². The fourth-order valence-corrected chi connectivity index (χ4v) is 2.71. The van der Waals surface area contributed by atoms with Gasteiger partial charge in [0.2, 0.25) is 0 Å². The molecule has 1 aromatic rings. The zero-order valence-electron chi connectivity index (χ0n) is 12.1. The molecule has 0 aliphatic rings. The van der Waals surface area contributed by atoms with Crippen LogP contribution in [0.1, 0.15) is 64.7 Å². The second-order valence-electron chi connectivity index (χ2n) is 5.04. The van der Waals surface area contributed by atoms with Crippen molar-refractivity contribution in [2.75, 3.05) is 5.75 Å². The summed E-state index contributed by atoms with van der Waals surface area (Å²) in [6.07, 6.45) is 3.37. The maximum atomic E-state index is 10.7. The number of rotatable bonds is 8. The SMILES string of the molecule is CCCCC(C)n1c(SCC(=O)O)nnc1C(C)C. The van der Waals surface area contributed by atoms with Gasteiger partial charge in [-0.05, 0) is 13.3 Å². The molecule has 1 rings (SSSR count). The van der Waals surface area contributed by atoms with E-state index in [1.54, 1.807) is 0 Å². The number of hydrogen-bond donors (Lipinski definition) is 1. The number of hydrogen-bond acceptors (Lipinski definition) is 4. The van der Waals surface area contributed by atoms with E-state index in [2.05, 4.69) is 42.5 Å². The largest absolute Gasteiger partial charge is 0.481 e. The van der Waals surface area contributed by atoms with Crippen molar-refractivity contribution in [3.05, 3.63) is 5.82 Å².